The number of fused-ring (bicyclic) bond motifs is 1. The van der Waals surface area contributed by atoms with Crippen molar-refractivity contribution in [3.63, 3.8) is 0 Å². The Kier molecular flexibility index (Phi) is 3.24. The van der Waals surface area contributed by atoms with Gasteiger partial charge in [0.15, 0.2) is 0 Å². The van der Waals surface area contributed by atoms with Crippen molar-refractivity contribution in [1.82, 2.24) is 4.98 Å². The zero-order valence-electron chi connectivity index (χ0n) is 12.2. The Morgan fingerprint density at radius 2 is 1.71 bits per heavy atom. The lowest BCUT2D eigenvalue weighted by Crippen LogP contribution is -2.86. The minimum absolute atomic E-state index is 0.899. The summed E-state index contributed by atoms with van der Waals surface area (Å²) < 4.78 is 0. The number of aromatic amines is 1. The zero-order valence-corrected chi connectivity index (χ0v) is 12.2. The summed E-state index contributed by atoms with van der Waals surface area (Å²) in [6, 6.07) is 20.2. The Morgan fingerprint density at radius 1 is 0.952 bits per heavy atom. The molecular weight excluding hydrogens is 256 g/mol. The summed E-state index contributed by atoms with van der Waals surface area (Å²) in [4.78, 5) is 3.62. The molecule has 21 heavy (non-hydrogen) atoms. The number of para-hydroxylation sites is 1. The quantitative estimate of drug-likeness (QED) is 0.718. The maximum atomic E-state index is 3.62. The molecule has 2 aromatic carbocycles. The molecular formula is C19H21N2+. The highest BCUT2D eigenvalue weighted by Gasteiger charge is 2.25. The highest BCUT2D eigenvalue weighted by atomic mass is 14.9. The molecule has 106 valence electrons. The van der Waals surface area contributed by atoms with Crippen LogP contribution in [0.5, 0.6) is 0 Å². The van der Waals surface area contributed by atoms with Crippen LogP contribution in [0.3, 0.4) is 0 Å². The van der Waals surface area contributed by atoms with E-state index in [1.54, 1.807) is 0 Å². The fraction of sp³-hybridized carbons (Fsp3) is 0.263. The molecule has 0 saturated heterocycles. The van der Waals surface area contributed by atoms with E-state index in [2.05, 4.69) is 64.9 Å². The van der Waals surface area contributed by atoms with Gasteiger partial charge in [0.05, 0.1) is 12.6 Å². The van der Waals surface area contributed by atoms with E-state index in [4.69, 9.17) is 0 Å². The predicted molar refractivity (Wildman–Crippen MR) is 87.3 cm³/mol. The van der Waals surface area contributed by atoms with Gasteiger partial charge in [-0.15, -0.1) is 0 Å². The molecule has 0 aliphatic heterocycles. The van der Waals surface area contributed by atoms with Crippen LogP contribution in [0.1, 0.15) is 18.4 Å². The highest BCUT2D eigenvalue weighted by Crippen LogP contribution is 2.30. The van der Waals surface area contributed by atoms with Crippen LogP contribution >= 0.6 is 0 Å². The number of aromatic nitrogens is 1. The van der Waals surface area contributed by atoms with Gasteiger partial charge in [-0.1, -0.05) is 48.5 Å². The third-order valence-corrected chi connectivity index (χ3v) is 4.39. The van der Waals surface area contributed by atoms with Gasteiger partial charge in [-0.2, -0.15) is 0 Å². The summed E-state index contributed by atoms with van der Waals surface area (Å²) in [6.45, 7) is 1.19. The maximum Gasteiger partial charge on any atom is 0.0863 e. The second-order valence-electron chi connectivity index (χ2n) is 6.00. The largest absolute Gasteiger partial charge is 0.354 e. The molecule has 1 aromatic heterocycles. The Morgan fingerprint density at radius 3 is 2.52 bits per heavy atom. The van der Waals surface area contributed by atoms with Crippen LogP contribution in [-0.2, 0) is 6.42 Å². The minimum atomic E-state index is 0.899. The monoisotopic (exact) mass is 277 g/mol. The summed E-state index contributed by atoms with van der Waals surface area (Å²) in [5.41, 5.74) is 5.29. The maximum absolute atomic E-state index is 3.62. The zero-order chi connectivity index (χ0) is 14.1. The van der Waals surface area contributed by atoms with Crippen molar-refractivity contribution in [2.24, 2.45) is 0 Å². The molecule has 0 unspecified atom stereocenters. The van der Waals surface area contributed by atoms with Crippen LogP contribution in [0.25, 0.3) is 22.2 Å². The molecule has 3 N–H and O–H groups in total. The number of quaternary nitrogens is 1. The van der Waals surface area contributed by atoms with Crippen LogP contribution in [0.4, 0.5) is 0 Å². The molecule has 1 aliphatic rings. The molecule has 1 aliphatic carbocycles. The van der Waals surface area contributed by atoms with E-state index >= 15 is 0 Å². The lowest BCUT2D eigenvalue weighted by atomic mass is 10.0. The molecule has 0 amide bonds. The average molecular weight is 277 g/mol. The molecule has 3 aromatic rings. The standard InChI is InChI=1S/C19H20N2/c1-2-6-14(7-3-1)19-17(12-13-20-15-10-11-15)16-8-4-5-9-18(16)21-19/h1-9,15,20-21H,10-13H2/p+1. The summed E-state index contributed by atoms with van der Waals surface area (Å²) in [6.07, 6.45) is 3.93. The van der Waals surface area contributed by atoms with Gasteiger partial charge in [0, 0.05) is 35.9 Å². The Hall–Kier alpha value is -2.06. The van der Waals surface area contributed by atoms with Crippen molar-refractivity contribution in [3.8, 4) is 11.3 Å². The van der Waals surface area contributed by atoms with E-state index in [1.807, 2.05) is 0 Å². The molecule has 4 rings (SSSR count). The van der Waals surface area contributed by atoms with E-state index in [9.17, 15) is 0 Å². The number of benzene rings is 2. The fourth-order valence-corrected chi connectivity index (χ4v) is 3.11. The molecule has 2 heteroatoms. The number of rotatable bonds is 5. The van der Waals surface area contributed by atoms with Crippen molar-refractivity contribution in [2.75, 3.05) is 6.54 Å². The summed E-state index contributed by atoms with van der Waals surface area (Å²) in [5.74, 6) is 0. The Labute approximate surface area is 125 Å². The lowest BCUT2D eigenvalue weighted by molar-refractivity contribution is -0.667. The molecule has 0 atom stereocenters. The van der Waals surface area contributed by atoms with E-state index in [0.29, 0.717) is 0 Å². The molecule has 0 spiro atoms. The van der Waals surface area contributed by atoms with Crippen LogP contribution in [-0.4, -0.2) is 17.6 Å². The van der Waals surface area contributed by atoms with Gasteiger partial charge < -0.3 is 10.3 Å². The molecule has 0 radical (unpaired) electrons. The summed E-state index contributed by atoms with van der Waals surface area (Å²) in [5, 5.41) is 3.89. The fourth-order valence-electron chi connectivity index (χ4n) is 3.11. The van der Waals surface area contributed by atoms with E-state index in [0.717, 1.165) is 12.5 Å². The number of nitrogens with two attached hydrogens (primary N) is 1. The van der Waals surface area contributed by atoms with Gasteiger partial charge in [-0.05, 0) is 17.2 Å². The first-order valence-corrected chi connectivity index (χ1v) is 7.90. The highest BCUT2D eigenvalue weighted by molar-refractivity contribution is 5.90. The number of hydrogen-bond acceptors (Lipinski definition) is 0. The van der Waals surface area contributed by atoms with E-state index in [-0.39, 0.29) is 0 Å². The van der Waals surface area contributed by atoms with Crippen molar-refractivity contribution < 1.29 is 5.32 Å². The lowest BCUT2D eigenvalue weighted by Gasteiger charge is -2.05. The second-order valence-corrected chi connectivity index (χ2v) is 6.00. The van der Waals surface area contributed by atoms with Crippen molar-refractivity contribution in [2.45, 2.75) is 25.3 Å². The van der Waals surface area contributed by atoms with E-state index < -0.39 is 0 Å². The van der Waals surface area contributed by atoms with Gasteiger partial charge in [0.2, 0.25) is 0 Å². The van der Waals surface area contributed by atoms with Crippen molar-refractivity contribution in [1.29, 1.82) is 0 Å². The molecule has 2 nitrogen and oxygen atoms in total. The van der Waals surface area contributed by atoms with Crippen molar-refractivity contribution in [3.05, 3.63) is 60.2 Å². The van der Waals surface area contributed by atoms with Gasteiger partial charge in [-0.25, -0.2) is 0 Å². The van der Waals surface area contributed by atoms with Crippen LogP contribution in [0.2, 0.25) is 0 Å². The van der Waals surface area contributed by atoms with Crippen LogP contribution in [0, 0.1) is 0 Å². The van der Waals surface area contributed by atoms with Gasteiger partial charge >= 0.3 is 0 Å². The SMILES string of the molecule is c1ccc(-c2[nH]c3ccccc3c2CC[NH2+]C2CC2)cc1. The van der Waals surface area contributed by atoms with Gasteiger partial charge in [0.25, 0.3) is 0 Å². The molecule has 1 saturated carbocycles. The van der Waals surface area contributed by atoms with Crippen LogP contribution < -0.4 is 5.32 Å². The first-order chi connectivity index (χ1) is 10.4. The Bertz CT molecular complexity index is 739. The first kappa shape index (κ1) is 12.7. The topological polar surface area (TPSA) is 32.4 Å². The Balaban J connectivity index is 1.73. The van der Waals surface area contributed by atoms with Gasteiger partial charge in [-0.3, -0.25) is 0 Å². The van der Waals surface area contributed by atoms with E-state index in [1.165, 1.54) is 47.1 Å². The van der Waals surface area contributed by atoms with Crippen molar-refractivity contribution >= 4 is 10.9 Å². The second kappa shape index (κ2) is 5.38. The third kappa shape index (κ3) is 2.59. The molecule has 1 heterocycles. The number of nitrogens with one attached hydrogen (secondary N) is 1. The van der Waals surface area contributed by atoms with Crippen LogP contribution in [0.15, 0.2) is 54.6 Å². The number of H-pyrrole nitrogens is 1. The van der Waals surface area contributed by atoms with Gasteiger partial charge in [0.1, 0.15) is 0 Å². The average Bonchev–Trinajstić information content (AvgIpc) is 3.29. The third-order valence-electron chi connectivity index (χ3n) is 4.39. The predicted octanol–water partition coefficient (Wildman–Crippen LogP) is 3.10. The normalized spacial score (nSPS) is 14.7. The minimum Gasteiger partial charge on any atom is -0.354 e. The summed E-state index contributed by atoms with van der Waals surface area (Å²) >= 11 is 0. The molecule has 1 fully saturated rings. The first-order valence-electron chi connectivity index (χ1n) is 7.90. The number of hydrogen-bond donors (Lipinski definition) is 2. The molecule has 0 bridgehead atoms. The summed E-state index contributed by atoms with van der Waals surface area (Å²) in [7, 11) is 0. The smallest absolute Gasteiger partial charge is 0.0863 e.